The molecule has 9 heteroatoms. The zero-order chi connectivity index (χ0) is 21.0. The Bertz CT molecular complexity index is 1130. The van der Waals surface area contributed by atoms with Gasteiger partial charge in [0, 0.05) is 10.9 Å². The molecule has 2 aromatic carbocycles. The molecule has 0 saturated carbocycles. The van der Waals surface area contributed by atoms with Crippen LogP contribution in [0.2, 0.25) is 0 Å². The van der Waals surface area contributed by atoms with Crippen molar-refractivity contribution in [3.63, 3.8) is 0 Å². The molecule has 0 aliphatic rings. The summed E-state index contributed by atoms with van der Waals surface area (Å²) >= 11 is -1.51. The van der Waals surface area contributed by atoms with Gasteiger partial charge in [0.25, 0.3) is 0 Å². The Morgan fingerprint density at radius 3 is 2.59 bits per heavy atom. The molecule has 0 spiro atoms. The number of rotatable bonds is 5. The Morgan fingerprint density at radius 1 is 1.24 bits per heavy atom. The van der Waals surface area contributed by atoms with E-state index in [1.54, 1.807) is 5.38 Å². The summed E-state index contributed by atoms with van der Waals surface area (Å²) in [5.41, 5.74) is 2.07. The highest BCUT2D eigenvalue weighted by atomic mass is 32.2. The van der Waals surface area contributed by atoms with Crippen molar-refractivity contribution in [1.29, 1.82) is 0 Å². The van der Waals surface area contributed by atoms with Gasteiger partial charge in [-0.05, 0) is 43.2 Å². The first-order valence-corrected chi connectivity index (χ1v) is 10.1. The van der Waals surface area contributed by atoms with E-state index in [0.717, 1.165) is 15.4 Å². The summed E-state index contributed by atoms with van der Waals surface area (Å²) in [5, 5.41) is 11.1. The maximum atomic E-state index is 11.9. The molecular weight excluding hydrogens is 412 g/mol. The number of methoxy groups -OCH3 is 1. The topological polar surface area (TPSA) is 103 Å². The zero-order valence-corrected chi connectivity index (χ0v) is 17.0. The van der Waals surface area contributed by atoms with Gasteiger partial charge in [-0.3, -0.25) is 4.21 Å². The summed E-state index contributed by atoms with van der Waals surface area (Å²) in [7, 11) is 1.33. The lowest BCUT2D eigenvalue weighted by Crippen LogP contribution is -2.20. The number of carbonyl (C=O) groups is 1. The molecule has 0 aliphatic heterocycles. The number of ether oxygens (including phenoxy) is 1. The Kier molecular flexibility index (Phi) is 6.29. The van der Waals surface area contributed by atoms with Crippen LogP contribution in [0, 0.1) is 18.8 Å². The third-order valence-electron chi connectivity index (χ3n) is 3.86. The molecule has 29 heavy (non-hydrogen) atoms. The number of hydrogen-bond donors (Lipinski definition) is 1. The number of aromatic nitrogens is 1. The fraction of sp³-hybridized carbons (Fsp3) is 0.100. The average molecular weight is 427 g/mol. The predicted octanol–water partition coefficient (Wildman–Crippen LogP) is 3.49. The van der Waals surface area contributed by atoms with E-state index in [2.05, 4.69) is 16.8 Å². The monoisotopic (exact) mass is 427 g/mol. The van der Waals surface area contributed by atoms with E-state index in [1.807, 2.05) is 31.2 Å². The number of nitrogens with zero attached hydrogens (tertiary/aromatic N) is 2. The number of carboxylic acid groups (broad SMARTS) is 1. The van der Waals surface area contributed by atoms with Crippen LogP contribution in [-0.4, -0.2) is 31.9 Å². The SMILES string of the molecule is COc1cc(C(=O)O)ccc1N(c1csc(C#Cc2ccc(C)cc2)n1)S(=O)[O-]. The van der Waals surface area contributed by atoms with Crippen LogP contribution < -0.4 is 9.04 Å². The Labute approximate surface area is 174 Å². The first-order valence-electron chi connectivity index (χ1n) is 8.24. The van der Waals surface area contributed by atoms with Gasteiger partial charge in [0.15, 0.2) is 10.8 Å². The van der Waals surface area contributed by atoms with E-state index in [4.69, 9.17) is 9.84 Å². The molecule has 1 heterocycles. The van der Waals surface area contributed by atoms with Gasteiger partial charge in [-0.15, -0.1) is 11.3 Å². The summed E-state index contributed by atoms with van der Waals surface area (Å²) in [6.45, 7) is 1.99. The standard InChI is InChI=1S/C20H16N2O5S2/c1-13-3-5-14(6-4-13)7-10-19-21-18(12-28-19)22(29(25)26)16-9-8-15(20(23)24)11-17(16)27-2/h3-6,8-9,11-12H,1-2H3,(H,23,24)(H,25,26)/p-1. The molecule has 3 rings (SSSR count). The Hall–Kier alpha value is -3.19. The van der Waals surface area contributed by atoms with Crippen LogP contribution in [0.25, 0.3) is 0 Å². The first-order chi connectivity index (χ1) is 13.9. The summed E-state index contributed by atoms with van der Waals surface area (Å²) in [4.78, 5) is 15.4. The second kappa shape index (κ2) is 8.87. The van der Waals surface area contributed by atoms with E-state index in [1.165, 1.54) is 36.6 Å². The maximum absolute atomic E-state index is 11.9. The van der Waals surface area contributed by atoms with Crippen molar-refractivity contribution in [2.24, 2.45) is 0 Å². The van der Waals surface area contributed by atoms with Gasteiger partial charge >= 0.3 is 5.97 Å². The molecule has 0 radical (unpaired) electrons. The minimum atomic E-state index is -2.71. The largest absolute Gasteiger partial charge is 0.755 e. The van der Waals surface area contributed by atoms with Crippen molar-refractivity contribution < 1.29 is 23.4 Å². The van der Waals surface area contributed by atoms with Crippen molar-refractivity contribution in [2.75, 3.05) is 11.4 Å². The van der Waals surface area contributed by atoms with Crippen LogP contribution >= 0.6 is 11.3 Å². The molecule has 3 aromatic rings. The van der Waals surface area contributed by atoms with Crippen molar-refractivity contribution in [2.45, 2.75) is 6.92 Å². The van der Waals surface area contributed by atoms with Crippen molar-refractivity contribution in [1.82, 2.24) is 4.98 Å². The Balaban J connectivity index is 1.95. The molecule has 0 fully saturated rings. The van der Waals surface area contributed by atoms with E-state index >= 15 is 0 Å². The van der Waals surface area contributed by atoms with Crippen molar-refractivity contribution in [3.05, 3.63) is 69.5 Å². The van der Waals surface area contributed by atoms with Crippen LogP contribution in [0.3, 0.4) is 0 Å². The lowest BCUT2D eigenvalue weighted by atomic mass is 10.2. The van der Waals surface area contributed by atoms with Gasteiger partial charge in [-0.1, -0.05) is 23.6 Å². The van der Waals surface area contributed by atoms with Gasteiger partial charge in [0.1, 0.15) is 5.75 Å². The molecule has 0 bridgehead atoms. The van der Waals surface area contributed by atoms with Gasteiger partial charge in [-0.2, -0.15) is 0 Å². The van der Waals surface area contributed by atoms with Crippen LogP contribution in [0.15, 0.2) is 47.8 Å². The summed E-state index contributed by atoms with van der Waals surface area (Å²) in [5.74, 6) is 4.99. The molecule has 0 aliphatic carbocycles. The molecular formula is C20H15N2O5S2-. The molecule has 0 amide bonds. The average Bonchev–Trinajstić information content (AvgIpc) is 3.16. The number of hydrogen-bond acceptors (Lipinski definition) is 6. The van der Waals surface area contributed by atoms with Gasteiger partial charge in [0.2, 0.25) is 0 Å². The van der Waals surface area contributed by atoms with Crippen LogP contribution in [0.4, 0.5) is 11.5 Å². The smallest absolute Gasteiger partial charge is 0.335 e. The Morgan fingerprint density at radius 2 is 1.97 bits per heavy atom. The van der Waals surface area contributed by atoms with E-state index in [-0.39, 0.29) is 22.8 Å². The fourth-order valence-electron chi connectivity index (χ4n) is 2.44. The highest BCUT2D eigenvalue weighted by Gasteiger charge is 2.19. The molecule has 1 aromatic heterocycles. The highest BCUT2D eigenvalue weighted by molar-refractivity contribution is 7.81. The summed E-state index contributed by atoms with van der Waals surface area (Å²) < 4.78 is 29.9. The number of carboxylic acids is 1. The summed E-state index contributed by atoms with van der Waals surface area (Å²) in [6.07, 6.45) is 0. The fourth-order valence-corrected chi connectivity index (χ4v) is 3.69. The summed E-state index contributed by atoms with van der Waals surface area (Å²) in [6, 6.07) is 11.6. The van der Waals surface area contributed by atoms with Crippen LogP contribution in [0.5, 0.6) is 5.75 Å². The minimum absolute atomic E-state index is 0.0230. The molecule has 148 valence electrons. The van der Waals surface area contributed by atoms with E-state index in [9.17, 15) is 13.6 Å². The van der Waals surface area contributed by atoms with E-state index < -0.39 is 17.2 Å². The number of anilines is 2. The molecule has 7 nitrogen and oxygen atoms in total. The minimum Gasteiger partial charge on any atom is -0.755 e. The lowest BCUT2D eigenvalue weighted by molar-refractivity contribution is 0.0696. The lowest BCUT2D eigenvalue weighted by Gasteiger charge is -2.25. The second-order valence-electron chi connectivity index (χ2n) is 5.83. The highest BCUT2D eigenvalue weighted by Crippen LogP contribution is 2.35. The van der Waals surface area contributed by atoms with Gasteiger partial charge < -0.3 is 14.4 Å². The molecule has 0 saturated heterocycles. The number of aromatic carboxylic acids is 1. The third-order valence-corrected chi connectivity index (χ3v) is 5.29. The maximum Gasteiger partial charge on any atom is 0.335 e. The molecule has 1 atom stereocenters. The van der Waals surface area contributed by atoms with Gasteiger partial charge in [0.05, 0.1) is 29.6 Å². The van der Waals surface area contributed by atoms with Gasteiger partial charge in [-0.25, -0.2) is 14.1 Å². The van der Waals surface area contributed by atoms with Crippen molar-refractivity contribution >= 4 is 40.1 Å². The van der Waals surface area contributed by atoms with Crippen LogP contribution in [-0.2, 0) is 11.3 Å². The number of thiazole rings is 1. The second-order valence-corrected chi connectivity index (χ2v) is 7.49. The quantitative estimate of drug-likeness (QED) is 0.494. The van der Waals surface area contributed by atoms with Crippen LogP contribution in [0.1, 0.15) is 26.5 Å². The molecule has 1 unspecified atom stereocenters. The zero-order valence-electron chi connectivity index (χ0n) is 15.4. The number of aryl methyl sites for hydroxylation is 1. The van der Waals surface area contributed by atoms with Crippen molar-refractivity contribution in [3.8, 4) is 17.6 Å². The van der Waals surface area contributed by atoms with E-state index in [0.29, 0.717) is 5.01 Å². The number of benzene rings is 2. The normalized spacial score (nSPS) is 11.3. The molecule has 1 N–H and O–H groups in total. The predicted molar refractivity (Wildman–Crippen MR) is 110 cm³/mol. The first kappa shape index (κ1) is 20.5. The third kappa shape index (κ3) is 4.81.